The van der Waals surface area contributed by atoms with E-state index in [-0.39, 0.29) is 0 Å². The molecule has 0 fully saturated rings. The maximum Gasteiger partial charge on any atom is 0.0462 e. The van der Waals surface area contributed by atoms with Gasteiger partial charge >= 0.3 is 0 Å². The first kappa shape index (κ1) is 35.7. The fraction of sp³-hybridized carbons (Fsp3) is 0. The smallest absolute Gasteiger partial charge is 0.0462 e. The maximum atomic E-state index is 2.35. The number of rotatable bonds is 9. The molecule has 0 heterocycles. The van der Waals surface area contributed by atoms with E-state index in [2.05, 4.69) is 254 Å². The van der Waals surface area contributed by atoms with Crippen LogP contribution in [0, 0.1) is 0 Å². The molecule has 1 heteroatoms. The lowest BCUT2D eigenvalue weighted by molar-refractivity contribution is 1.28. The van der Waals surface area contributed by atoms with Crippen molar-refractivity contribution in [3.8, 4) is 66.8 Å². The van der Waals surface area contributed by atoms with E-state index in [4.69, 9.17) is 0 Å². The molecular formula is C58H41N. The Hall–Kier alpha value is -7.74. The van der Waals surface area contributed by atoms with Gasteiger partial charge in [0.2, 0.25) is 0 Å². The van der Waals surface area contributed by atoms with Gasteiger partial charge in [0.25, 0.3) is 0 Å². The topological polar surface area (TPSA) is 3.24 Å². The lowest BCUT2D eigenvalue weighted by atomic mass is 9.89. The Bertz CT molecular complexity index is 2930. The normalized spacial score (nSPS) is 11.1. The average Bonchev–Trinajstić information content (AvgIpc) is 3.33. The van der Waals surface area contributed by atoms with E-state index in [0.717, 1.165) is 17.1 Å². The third kappa shape index (κ3) is 7.34. The minimum Gasteiger partial charge on any atom is -0.311 e. The van der Waals surface area contributed by atoms with Crippen LogP contribution >= 0.6 is 0 Å². The number of benzene rings is 10. The summed E-state index contributed by atoms with van der Waals surface area (Å²) in [7, 11) is 0. The summed E-state index contributed by atoms with van der Waals surface area (Å²) in [5.41, 5.74) is 17.7. The Labute approximate surface area is 346 Å². The van der Waals surface area contributed by atoms with E-state index in [1.54, 1.807) is 0 Å². The second kappa shape index (κ2) is 16.0. The molecule has 10 aromatic rings. The summed E-state index contributed by atoms with van der Waals surface area (Å²) in [6.07, 6.45) is 0. The largest absolute Gasteiger partial charge is 0.311 e. The van der Waals surface area contributed by atoms with Crippen molar-refractivity contribution in [3.05, 3.63) is 249 Å². The molecule has 10 aromatic carbocycles. The quantitative estimate of drug-likeness (QED) is 0.142. The molecule has 0 radical (unpaired) electrons. The fourth-order valence-electron chi connectivity index (χ4n) is 8.29. The van der Waals surface area contributed by atoms with Gasteiger partial charge in [-0.15, -0.1) is 0 Å². The van der Waals surface area contributed by atoms with Gasteiger partial charge in [0.15, 0.2) is 0 Å². The molecule has 59 heavy (non-hydrogen) atoms. The first-order valence-electron chi connectivity index (χ1n) is 20.2. The molecule has 0 aliphatic heterocycles. The van der Waals surface area contributed by atoms with Crippen LogP contribution < -0.4 is 4.90 Å². The predicted molar refractivity (Wildman–Crippen MR) is 251 cm³/mol. The molecule has 0 spiro atoms. The first-order chi connectivity index (χ1) is 29.2. The summed E-state index contributed by atoms with van der Waals surface area (Å²) in [4.78, 5) is 2.34. The molecule has 0 aliphatic carbocycles. The second-order valence-corrected chi connectivity index (χ2v) is 14.9. The number of hydrogen-bond donors (Lipinski definition) is 0. The van der Waals surface area contributed by atoms with Gasteiger partial charge in [0.1, 0.15) is 0 Å². The molecule has 0 saturated heterocycles. The van der Waals surface area contributed by atoms with Gasteiger partial charge < -0.3 is 4.90 Å². The number of anilines is 3. The number of nitrogens with zero attached hydrogens (tertiary/aromatic N) is 1. The molecule has 0 bridgehead atoms. The van der Waals surface area contributed by atoms with E-state index < -0.39 is 0 Å². The van der Waals surface area contributed by atoms with Gasteiger partial charge in [-0.1, -0.05) is 188 Å². The SMILES string of the molecule is c1ccc(-c2cc(-c3ccccc3)cc(-c3ccc(N(c4ccccc4)c4ccc(-c5ccc(-c6cccc7ccccc67)c(-c6ccccc6)c5)cc4)cc3)c2)cc1. The minimum atomic E-state index is 1.10. The van der Waals surface area contributed by atoms with Crippen molar-refractivity contribution in [2.24, 2.45) is 0 Å². The van der Waals surface area contributed by atoms with Gasteiger partial charge in [0.05, 0.1) is 0 Å². The lowest BCUT2D eigenvalue weighted by Crippen LogP contribution is -2.09. The molecule has 278 valence electrons. The average molecular weight is 752 g/mol. The zero-order valence-electron chi connectivity index (χ0n) is 32.6. The van der Waals surface area contributed by atoms with Crippen molar-refractivity contribution in [2.75, 3.05) is 4.90 Å². The molecule has 0 aromatic heterocycles. The second-order valence-electron chi connectivity index (χ2n) is 14.9. The Morgan fingerprint density at radius 2 is 0.610 bits per heavy atom. The Balaban J connectivity index is 1.01. The summed E-state index contributed by atoms with van der Waals surface area (Å²) < 4.78 is 0. The van der Waals surface area contributed by atoms with Crippen molar-refractivity contribution < 1.29 is 0 Å². The summed E-state index contributed by atoms with van der Waals surface area (Å²) in [6, 6.07) is 89.7. The van der Waals surface area contributed by atoms with Crippen LogP contribution in [0.15, 0.2) is 249 Å². The first-order valence-corrected chi connectivity index (χ1v) is 20.2. The summed E-state index contributed by atoms with van der Waals surface area (Å²) in [5, 5.41) is 2.51. The molecule has 0 N–H and O–H groups in total. The highest BCUT2D eigenvalue weighted by Gasteiger charge is 2.16. The van der Waals surface area contributed by atoms with Crippen LogP contribution in [0.5, 0.6) is 0 Å². The monoisotopic (exact) mass is 751 g/mol. The molecule has 0 amide bonds. The Morgan fingerprint density at radius 1 is 0.203 bits per heavy atom. The molecular weight excluding hydrogens is 711 g/mol. The minimum absolute atomic E-state index is 1.10. The highest BCUT2D eigenvalue weighted by molar-refractivity contribution is 6.01. The van der Waals surface area contributed by atoms with Crippen LogP contribution in [0.4, 0.5) is 17.1 Å². The van der Waals surface area contributed by atoms with Crippen LogP contribution in [-0.2, 0) is 0 Å². The highest BCUT2D eigenvalue weighted by Crippen LogP contribution is 2.41. The van der Waals surface area contributed by atoms with Crippen LogP contribution in [0.25, 0.3) is 77.5 Å². The summed E-state index contributed by atoms with van der Waals surface area (Å²) in [6.45, 7) is 0. The Kier molecular flexibility index (Phi) is 9.68. The van der Waals surface area contributed by atoms with Crippen molar-refractivity contribution in [1.82, 2.24) is 0 Å². The van der Waals surface area contributed by atoms with E-state index >= 15 is 0 Å². The molecule has 1 nitrogen and oxygen atoms in total. The molecule has 10 rings (SSSR count). The number of para-hydroxylation sites is 1. The molecule has 0 aliphatic rings. The van der Waals surface area contributed by atoms with Crippen molar-refractivity contribution in [1.29, 1.82) is 0 Å². The molecule has 0 saturated carbocycles. The van der Waals surface area contributed by atoms with Crippen LogP contribution in [-0.4, -0.2) is 0 Å². The summed E-state index contributed by atoms with van der Waals surface area (Å²) in [5.74, 6) is 0. The summed E-state index contributed by atoms with van der Waals surface area (Å²) >= 11 is 0. The van der Waals surface area contributed by atoms with Gasteiger partial charge in [-0.25, -0.2) is 0 Å². The number of hydrogen-bond acceptors (Lipinski definition) is 1. The van der Waals surface area contributed by atoms with Crippen LogP contribution in [0.2, 0.25) is 0 Å². The molecule has 0 unspecified atom stereocenters. The van der Waals surface area contributed by atoms with E-state index in [1.165, 1.54) is 77.5 Å². The standard InChI is InChI=1S/C58H41N/c1-5-16-42(17-6-1)49-38-50(43-18-7-2-8-19-43)40-51(39-49)45-30-35-54(36-31-45)59(52-24-11-4-12-25-52)53-33-28-44(29-34-53)48-32-37-57(58(41-48)47-20-9-3-10-21-47)56-27-15-23-46-22-13-14-26-55(46)56/h1-41H. The zero-order chi connectivity index (χ0) is 39.4. The fourth-order valence-corrected chi connectivity index (χ4v) is 8.29. The highest BCUT2D eigenvalue weighted by atomic mass is 15.1. The Morgan fingerprint density at radius 3 is 1.17 bits per heavy atom. The van der Waals surface area contributed by atoms with Crippen molar-refractivity contribution in [2.45, 2.75) is 0 Å². The van der Waals surface area contributed by atoms with Crippen LogP contribution in [0.3, 0.4) is 0 Å². The molecule has 0 atom stereocenters. The van der Waals surface area contributed by atoms with Crippen LogP contribution in [0.1, 0.15) is 0 Å². The third-order valence-electron chi connectivity index (χ3n) is 11.3. The van der Waals surface area contributed by atoms with Gasteiger partial charge in [0, 0.05) is 17.1 Å². The van der Waals surface area contributed by atoms with Gasteiger partial charge in [-0.2, -0.15) is 0 Å². The van der Waals surface area contributed by atoms with Gasteiger partial charge in [-0.3, -0.25) is 0 Å². The lowest BCUT2D eigenvalue weighted by Gasteiger charge is -2.26. The van der Waals surface area contributed by atoms with E-state index in [1.807, 2.05) is 0 Å². The van der Waals surface area contributed by atoms with Gasteiger partial charge in [-0.05, 0) is 138 Å². The third-order valence-corrected chi connectivity index (χ3v) is 11.3. The zero-order valence-corrected chi connectivity index (χ0v) is 32.6. The van der Waals surface area contributed by atoms with E-state index in [0.29, 0.717) is 0 Å². The predicted octanol–water partition coefficient (Wildman–Crippen LogP) is 16.3. The van der Waals surface area contributed by atoms with Crippen molar-refractivity contribution >= 4 is 27.8 Å². The van der Waals surface area contributed by atoms with E-state index in [9.17, 15) is 0 Å². The maximum absolute atomic E-state index is 2.35. The van der Waals surface area contributed by atoms with Crippen molar-refractivity contribution in [3.63, 3.8) is 0 Å². The number of fused-ring (bicyclic) bond motifs is 1.